The van der Waals surface area contributed by atoms with Crippen LogP contribution in [0, 0.1) is 0 Å². The Kier molecular flexibility index (Phi) is 7.77. The van der Waals surface area contributed by atoms with Gasteiger partial charge >= 0.3 is 5.97 Å². The first-order valence-corrected chi connectivity index (χ1v) is 11.5. The molecule has 2 rings (SSSR count). The van der Waals surface area contributed by atoms with Gasteiger partial charge < -0.3 is 10.1 Å². The van der Waals surface area contributed by atoms with E-state index in [1.54, 1.807) is 38.4 Å². The lowest BCUT2D eigenvalue weighted by molar-refractivity contribution is -0.123. The van der Waals surface area contributed by atoms with E-state index in [4.69, 9.17) is 4.74 Å². The Labute approximate surface area is 174 Å². The molecule has 0 saturated heterocycles. The molecular formula is C19H23N3O5S2. The molecule has 10 heteroatoms. The van der Waals surface area contributed by atoms with Crippen LogP contribution in [0.5, 0.6) is 0 Å². The number of sulfonamides is 1. The SMILES string of the molecule is CSc1ncccc1C(=O)OC(C)C(=O)Nc1ccc(S(=O)(=O)NC(C)C)cc1. The molecule has 1 unspecified atom stereocenters. The van der Waals surface area contributed by atoms with Crippen molar-refractivity contribution in [2.45, 2.75) is 42.8 Å². The second-order valence-corrected chi connectivity index (χ2v) is 8.91. The number of esters is 1. The average molecular weight is 438 g/mol. The minimum Gasteiger partial charge on any atom is -0.449 e. The number of carbonyl (C=O) groups is 2. The molecule has 0 bridgehead atoms. The second-order valence-electron chi connectivity index (χ2n) is 6.40. The zero-order chi connectivity index (χ0) is 21.6. The monoisotopic (exact) mass is 437 g/mol. The van der Waals surface area contributed by atoms with Crippen LogP contribution in [0.3, 0.4) is 0 Å². The smallest absolute Gasteiger partial charge is 0.341 e. The fourth-order valence-electron chi connectivity index (χ4n) is 2.33. The van der Waals surface area contributed by atoms with Gasteiger partial charge in [0, 0.05) is 17.9 Å². The summed E-state index contributed by atoms with van der Waals surface area (Å²) in [5.41, 5.74) is 0.666. The maximum atomic E-state index is 12.3. The number of ether oxygens (including phenoxy) is 1. The standard InChI is InChI=1S/C19H23N3O5S2/c1-12(2)22-29(25,26)15-9-7-14(8-10-15)21-17(23)13(3)27-19(24)16-6-5-11-20-18(16)28-4/h5-13,22H,1-4H3,(H,21,23). The van der Waals surface area contributed by atoms with Crippen LogP contribution in [0.1, 0.15) is 31.1 Å². The van der Waals surface area contributed by atoms with E-state index >= 15 is 0 Å². The van der Waals surface area contributed by atoms with Crippen molar-refractivity contribution in [2.75, 3.05) is 11.6 Å². The first-order valence-electron chi connectivity index (χ1n) is 8.77. The number of nitrogens with zero attached hydrogens (tertiary/aromatic N) is 1. The number of aromatic nitrogens is 1. The summed E-state index contributed by atoms with van der Waals surface area (Å²) in [7, 11) is -3.61. The van der Waals surface area contributed by atoms with Crippen molar-refractivity contribution in [3.05, 3.63) is 48.2 Å². The lowest BCUT2D eigenvalue weighted by atomic mass is 10.2. The summed E-state index contributed by atoms with van der Waals surface area (Å²) in [5.74, 6) is -1.19. The van der Waals surface area contributed by atoms with Crippen LogP contribution in [-0.4, -0.2) is 43.7 Å². The van der Waals surface area contributed by atoms with E-state index in [1.165, 1.54) is 43.0 Å². The molecule has 8 nitrogen and oxygen atoms in total. The van der Waals surface area contributed by atoms with Crippen molar-refractivity contribution in [3.63, 3.8) is 0 Å². The summed E-state index contributed by atoms with van der Waals surface area (Å²) < 4.78 is 32.0. The largest absolute Gasteiger partial charge is 0.449 e. The summed E-state index contributed by atoms with van der Waals surface area (Å²) in [6, 6.07) is 8.67. The molecule has 0 saturated carbocycles. The highest BCUT2D eigenvalue weighted by Crippen LogP contribution is 2.19. The molecule has 156 valence electrons. The van der Waals surface area contributed by atoms with E-state index in [9.17, 15) is 18.0 Å². The van der Waals surface area contributed by atoms with E-state index in [1.807, 2.05) is 0 Å². The zero-order valence-corrected chi connectivity index (χ0v) is 18.1. The minimum absolute atomic E-state index is 0.0878. The summed E-state index contributed by atoms with van der Waals surface area (Å²) in [5, 5.41) is 3.11. The van der Waals surface area contributed by atoms with Crippen LogP contribution in [-0.2, 0) is 19.6 Å². The second kappa shape index (κ2) is 9.86. The Bertz CT molecular complexity index is 976. The lowest BCUT2D eigenvalue weighted by Gasteiger charge is -2.15. The highest BCUT2D eigenvalue weighted by molar-refractivity contribution is 7.98. The number of rotatable bonds is 8. The molecule has 0 aliphatic rings. The highest BCUT2D eigenvalue weighted by atomic mass is 32.2. The number of carbonyl (C=O) groups excluding carboxylic acids is 2. The molecule has 29 heavy (non-hydrogen) atoms. The Morgan fingerprint density at radius 1 is 1.10 bits per heavy atom. The maximum absolute atomic E-state index is 12.3. The van der Waals surface area contributed by atoms with Gasteiger partial charge in [-0.25, -0.2) is 22.9 Å². The predicted molar refractivity (Wildman–Crippen MR) is 111 cm³/mol. The molecule has 1 heterocycles. The molecule has 2 aromatic rings. The number of hydrogen-bond acceptors (Lipinski definition) is 7. The van der Waals surface area contributed by atoms with Gasteiger partial charge in [0.1, 0.15) is 5.03 Å². The van der Waals surface area contributed by atoms with Crippen LogP contribution >= 0.6 is 11.8 Å². The van der Waals surface area contributed by atoms with E-state index in [2.05, 4.69) is 15.0 Å². The fraction of sp³-hybridized carbons (Fsp3) is 0.316. The van der Waals surface area contributed by atoms with Gasteiger partial charge in [-0.15, -0.1) is 11.8 Å². The van der Waals surface area contributed by atoms with Crippen LogP contribution in [0.15, 0.2) is 52.5 Å². The average Bonchev–Trinajstić information content (AvgIpc) is 2.67. The van der Waals surface area contributed by atoms with Gasteiger partial charge in [-0.05, 0) is 63.4 Å². The van der Waals surface area contributed by atoms with Crippen LogP contribution in [0.4, 0.5) is 5.69 Å². The van der Waals surface area contributed by atoms with E-state index in [0.29, 0.717) is 10.7 Å². The van der Waals surface area contributed by atoms with Crippen molar-refractivity contribution < 1.29 is 22.7 Å². The van der Waals surface area contributed by atoms with Gasteiger partial charge in [0.05, 0.1) is 10.5 Å². The topological polar surface area (TPSA) is 114 Å². The number of thioether (sulfide) groups is 1. The minimum atomic E-state index is -3.61. The third-order valence-electron chi connectivity index (χ3n) is 3.66. The molecular weight excluding hydrogens is 414 g/mol. The molecule has 0 radical (unpaired) electrons. The predicted octanol–water partition coefficient (Wildman–Crippen LogP) is 2.67. The fourth-order valence-corrected chi connectivity index (χ4v) is 4.11. The number of amides is 1. The van der Waals surface area contributed by atoms with E-state index < -0.39 is 28.0 Å². The molecule has 0 fully saturated rings. The van der Waals surface area contributed by atoms with Crippen LogP contribution in [0.25, 0.3) is 0 Å². The van der Waals surface area contributed by atoms with Crippen molar-refractivity contribution in [1.82, 2.24) is 9.71 Å². The zero-order valence-electron chi connectivity index (χ0n) is 16.5. The Balaban J connectivity index is 2.01. The maximum Gasteiger partial charge on any atom is 0.341 e. The molecule has 2 N–H and O–H groups in total. The van der Waals surface area contributed by atoms with Crippen molar-refractivity contribution in [1.29, 1.82) is 0 Å². The first kappa shape index (κ1) is 22.9. The highest BCUT2D eigenvalue weighted by Gasteiger charge is 2.21. The molecule has 1 aromatic carbocycles. The quantitative estimate of drug-likeness (QED) is 0.482. The molecule has 1 amide bonds. The van der Waals surface area contributed by atoms with Crippen molar-refractivity contribution in [2.24, 2.45) is 0 Å². The summed E-state index contributed by atoms with van der Waals surface area (Å²) >= 11 is 1.30. The molecule has 0 aliphatic heterocycles. The summed E-state index contributed by atoms with van der Waals surface area (Å²) in [6.07, 6.45) is 2.30. The normalized spacial score (nSPS) is 12.4. The third-order valence-corrected chi connectivity index (χ3v) is 6.05. The number of nitrogens with one attached hydrogen (secondary N) is 2. The lowest BCUT2D eigenvalue weighted by Crippen LogP contribution is -2.31. The number of pyridine rings is 1. The van der Waals surface area contributed by atoms with Gasteiger partial charge in [-0.3, -0.25) is 4.79 Å². The molecule has 0 aliphatic carbocycles. The molecule has 0 spiro atoms. The van der Waals surface area contributed by atoms with Crippen LogP contribution in [0.2, 0.25) is 0 Å². The van der Waals surface area contributed by atoms with Crippen molar-refractivity contribution >= 4 is 39.3 Å². The van der Waals surface area contributed by atoms with Gasteiger partial charge in [0.15, 0.2) is 6.10 Å². The number of benzene rings is 1. The van der Waals surface area contributed by atoms with Crippen molar-refractivity contribution in [3.8, 4) is 0 Å². The third kappa shape index (κ3) is 6.28. The summed E-state index contributed by atoms with van der Waals surface area (Å²) in [4.78, 5) is 28.8. The van der Waals surface area contributed by atoms with E-state index in [-0.39, 0.29) is 16.5 Å². The first-order chi connectivity index (χ1) is 13.6. The Morgan fingerprint density at radius 3 is 2.34 bits per heavy atom. The number of anilines is 1. The van der Waals surface area contributed by atoms with E-state index in [0.717, 1.165) is 0 Å². The molecule has 1 atom stereocenters. The van der Waals surface area contributed by atoms with Gasteiger partial charge in [-0.2, -0.15) is 0 Å². The van der Waals surface area contributed by atoms with Gasteiger partial charge in [0.25, 0.3) is 5.91 Å². The van der Waals surface area contributed by atoms with Gasteiger partial charge in [-0.1, -0.05) is 0 Å². The number of hydrogen-bond donors (Lipinski definition) is 2. The van der Waals surface area contributed by atoms with Gasteiger partial charge in [0.2, 0.25) is 10.0 Å². The molecule has 1 aromatic heterocycles. The van der Waals surface area contributed by atoms with Crippen LogP contribution < -0.4 is 10.0 Å². The Morgan fingerprint density at radius 2 is 1.76 bits per heavy atom. The Hall–Kier alpha value is -2.43. The summed E-state index contributed by atoms with van der Waals surface area (Å²) in [6.45, 7) is 4.90.